The molecule has 0 aliphatic carbocycles. The molecule has 1 heterocycles. The Labute approximate surface area is 114 Å². The molecular weight excluding hydrogens is 241 g/mol. The molecule has 1 fully saturated rings. The summed E-state index contributed by atoms with van der Waals surface area (Å²) < 4.78 is 13.9. The van der Waals surface area contributed by atoms with E-state index in [2.05, 4.69) is 12.2 Å². The first kappa shape index (κ1) is 14.2. The summed E-state index contributed by atoms with van der Waals surface area (Å²) in [6.07, 6.45) is 3.43. The Balaban J connectivity index is 2.36. The van der Waals surface area contributed by atoms with Gasteiger partial charge >= 0.3 is 0 Å². The third kappa shape index (κ3) is 2.86. The van der Waals surface area contributed by atoms with E-state index in [1.165, 1.54) is 6.07 Å². The smallest absolute Gasteiger partial charge is 0.172 e. The van der Waals surface area contributed by atoms with E-state index in [1.54, 1.807) is 12.1 Å². The van der Waals surface area contributed by atoms with Crippen molar-refractivity contribution in [3.63, 3.8) is 0 Å². The molecule has 0 amide bonds. The highest BCUT2D eigenvalue weighted by Crippen LogP contribution is 2.38. The lowest BCUT2D eigenvalue weighted by atomic mass is 9.70. The largest absolute Gasteiger partial charge is 0.317 e. The average molecular weight is 263 g/mol. The molecule has 1 saturated heterocycles. The predicted octanol–water partition coefficient (Wildman–Crippen LogP) is 3.49. The van der Waals surface area contributed by atoms with E-state index in [0.717, 1.165) is 44.3 Å². The Bertz CT molecular complexity index is 458. The van der Waals surface area contributed by atoms with Crippen LogP contribution in [0.5, 0.6) is 0 Å². The second-order valence-corrected chi connectivity index (χ2v) is 5.59. The van der Waals surface area contributed by atoms with Crippen LogP contribution >= 0.6 is 0 Å². The summed E-state index contributed by atoms with van der Waals surface area (Å²) in [5.74, 6) is -0.387. The summed E-state index contributed by atoms with van der Waals surface area (Å²) in [5, 5.41) is 3.28. The first-order valence-electron chi connectivity index (χ1n) is 7.11. The minimum atomic E-state index is -0.385. The molecule has 0 spiro atoms. The van der Waals surface area contributed by atoms with Crippen LogP contribution in [0.1, 0.15) is 48.5 Å². The zero-order chi connectivity index (χ0) is 13.9. The number of nitrogens with one attached hydrogen (secondary N) is 1. The van der Waals surface area contributed by atoms with Crippen LogP contribution in [0.15, 0.2) is 18.2 Å². The fourth-order valence-electron chi connectivity index (χ4n) is 3.07. The Hall–Kier alpha value is -1.22. The Morgan fingerprint density at radius 3 is 2.68 bits per heavy atom. The number of piperidine rings is 1. The lowest BCUT2D eigenvalue weighted by Crippen LogP contribution is -2.42. The Kier molecular flexibility index (Phi) is 4.35. The maximum Gasteiger partial charge on any atom is 0.172 e. The van der Waals surface area contributed by atoms with Crippen LogP contribution < -0.4 is 5.32 Å². The molecule has 1 aliphatic rings. The van der Waals surface area contributed by atoms with Crippen LogP contribution in [0.2, 0.25) is 0 Å². The van der Waals surface area contributed by atoms with E-state index < -0.39 is 0 Å². The molecule has 1 aromatic carbocycles. The van der Waals surface area contributed by atoms with Gasteiger partial charge in [0, 0.05) is 5.41 Å². The predicted molar refractivity (Wildman–Crippen MR) is 74.9 cm³/mol. The molecule has 2 rings (SSSR count). The van der Waals surface area contributed by atoms with Crippen LogP contribution in [0.3, 0.4) is 0 Å². The van der Waals surface area contributed by atoms with Crippen LogP contribution in [0.25, 0.3) is 0 Å². The molecule has 0 saturated carbocycles. The maximum absolute atomic E-state index is 13.9. The molecule has 0 aromatic heterocycles. The molecule has 0 unspecified atom stereocenters. The van der Waals surface area contributed by atoms with Gasteiger partial charge in [-0.05, 0) is 51.4 Å². The van der Waals surface area contributed by atoms with Crippen molar-refractivity contribution in [2.45, 2.75) is 39.5 Å². The normalized spacial score (nSPS) is 18.3. The summed E-state index contributed by atoms with van der Waals surface area (Å²) in [5.41, 5.74) is 0.843. The van der Waals surface area contributed by atoms with E-state index in [9.17, 15) is 9.18 Å². The zero-order valence-electron chi connectivity index (χ0n) is 11.8. The summed E-state index contributed by atoms with van der Waals surface area (Å²) in [7, 11) is 0. The highest BCUT2D eigenvalue weighted by atomic mass is 19.1. The van der Waals surface area contributed by atoms with Crippen molar-refractivity contribution in [1.29, 1.82) is 0 Å². The molecule has 2 nitrogen and oxygen atoms in total. The number of aryl methyl sites for hydroxylation is 1. The van der Waals surface area contributed by atoms with Crippen LogP contribution in [-0.4, -0.2) is 18.9 Å². The van der Waals surface area contributed by atoms with E-state index in [-0.39, 0.29) is 22.6 Å². The molecule has 0 atom stereocenters. The summed E-state index contributed by atoms with van der Waals surface area (Å²) in [6, 6.07) is 4.81. The van der Waals surface area contributed by atoms with Crippen LogP contribution in [0, 0.1) is 18.2 Å². The van der Waals surface area contributed by atoms with E-state index >= 15 is 0 Å². The minimum Gasteiger partial charge on any atom is -0.317 e. The fraction of sp³-hybridized carbons (Fsp3) is 0.562. The van der Waals surface area contributed by atoms with E-state index in [4.69, 9.17) is 0 Å². The number of ketones is 1. The van der Waals surface area contributed by atoms with Gasteiger partial charge in [-0.1, -0.05) is 25.0 Å². The highest BCUT2D eigenvalue weighted by molar-refractivity contribution is 6.01. The van der Waals surface area contributed by atoms with E-state index in [0.29, 0.717) is 0 Å². The number of hydrogen-bond acceptors (Lipinski definition) is 2. The first-order valence-corrected chi connectivity index (χ1v) is 7.11. The highest BCUT2D eigenvalue weighted by Gasteiger charge is 2.39. The van der Waals surface area contributed by atoms with Gasteiger partial charge in [0.25, 0.3) is 0 Å². The van der Waals surface area contributed by atoms with Crippen LogP contribution in [-0.2, 0) is 0 Å². The lowest BCUT2D eigenvalue weighted by Gasteiger charge is -2.36. The van der Waals surface area contributed by atoms with Gasteiger partial charge in [-0.3, -0.25) is 4.79 Å². The molecule has 1 aliphatic heterocycles. The number of carbonyl (C=O) groups excluding carboxylic acids is 1. The van der Waals surface area contributed by atoms with Crippen molar-refractivity contribution >= 4 is 5.78 Å². The molecular formula is C16H22FNO. The van der Waals surface area contributed by atoms with Gasteiger partial charge in [-0.25, -0.2) is 4.39 Å². The third-order valence-corrected chi connectivity index (χ3v) is 4.14. The van der Waals surface area contributed by atoms with Gasteiger partial charge in [-0.2, -0.15) is 0 Å². The number of carbonyl (C=O) groups is 1. The number of hydrogen-bond donors (Lipinski definition) is 1. The fourth-order valence-corrected chi connectivity index (χ4v) is 3.07. The molecule has 3 heteroatoms. The van der Waals surface area contributed by atoms with Gasteiger partial charge < -0.3 is 5.32 Å². The number of rotatable bonds is 4. The molecule has 0 radical (unpaired) electrons. The second-order valence-electron chi connectivity index (χ2n) is 5.59. The second kappa shape index (κ2) is 5.83. The van der Waals surface area contributed by atoms with Crippen molar-refractivity contribution in [1.82, 2.24) is 5.32 Å². The quantitative estimate of drug-likeness (QED) is 0.843. The topological polar surface area (TPSA) is 29.1 Å². The zero-order valence-corrected chi connectivity index (χ0v) is 11.8. The Morgan fingerprint density at radius 1 is 1.37 bits per heavy atom. The Morgan fingerprint density at radius 2 is 2.05 bits per heavy atom. The molecule has 19 heavy (non-hydrogen) atoms. The number of benzene rings is 1. The average Bonchev–Trinajstić information content (AvgIpc) is 2.42. The minimum absolute atomic E-state index is 0.00273. The standard InChI is InChI=1S/C16H22FNO/c1-3-6-16(7-9-18-10-8-16)15(19)13-11-12(2)4-5-14(13)17/h4-5,11,18H,3,6-10H2,1-2H3. The summed E-state index contributed by atoms with van der Waals surface area (Å²) in [4.78, 5) is 12.8. The molecule has 1 N–H and O–H groups in total. The van der Waals surface area contributed by atoms with Crippen molar-refractivity contribution < 1.29 is 9.18 Å². The summed E-state index contributed by atoms with van der Waals surface area (Å²) >= 11 is 0. The first-order chi connectivity index (χ1) is 9.09. The number of Topliss-reactive ketones (excluding diaryl/α,β-unsaturated/α-hetero) is 1. The number of halogens is 1. The lowest BCUT2D eigenvalue weighted by molar-refractivity contribution is 0.0699. The molecule has 1 aromatic rings. The SMILES string of the molecule is CCCC1(C(=O)c2cc(C)ccc2F)CCNCC1. The molecule has 0 bridgehead atoms. The van der Waals surface area contributed by atoms with Crippen molar-refractivity contribution in [3.8, 4) is 0 Å². The van der Waals surface area contributed by atoms with Gasteiger partial charge in [0.05, 0.1) is 5.56 Å². The third-order valence-electron chi connectivity index (χ3n) is 4.14. The van der Waals surface area contributed by atoms with E-state index in [1.807, 2.05) is 6.92 Å². The van der Waals surface area contributed by atoms with Crippen molar-refractivity contribution in [3.05, 3.63) is 35.1 Å². The molecule has 104 valence electrons. The monoisotopic (exact) mass is 263 g/mol. The van der Waals surface area contributed by atoms with Gasteiger partial charge in [0.2, 0.25) is 0 Å². The van der Waals surface area contributed by atoms with Crippen molar-refractivity contribution in [2.24, 2.45) is 5.41 Å². The van der Waals surface area contributed by atoms with Crippen molar-refractivity contribution in [2.75, 3.05) is 13.1 Å². The van der Waals surface area contributed by atoms with Gasteiger partial charge in [-0.15, -0.1) is 0 Å². The maximum atomic E-state index is 13.9. The summed E-state index contributed by atoms with van der Waals surface area (Å²) in [6.45, 7) is 5.67. The van der Waals surface area contributed by atoms with Gasteiger partial charge in [0.1, 0.15) is 5.82 Å². The van der Waals surface area contributed by atoms with Gasteiger partial charge in [0.15, 0.2) is 5.78 Å². The van der Waals surface area contributed by atoms with Crippen LogP contribution in [0.4, 0.5) is 4.39 Å².